The first kappa shape index (κ1) is 15.4. The molecule has 5 N–H and O–H groups in total. The van der Waals surface area contributed by atoms with Crippen molar-refractivity contribution in [2.24, 2.45) is 11.8 Å². The van der Waals surface area contributed by atoms with E-state index >= 15 is 0 Å². The van der Waals surface area contributed by atoms with Gasteiger partial charge in [-0.15, -0.1) is 0 Å². The second-order valence-electron chi connectivity index (χ2n) is 4.99. The molecule has 0 radical (unpaired) electrons. The molecule has 0 amide bonds. The zero-order valence-corrected chi connectivity index (χ0v) is 11.9. The Morgan fingerprint density at radius 3 is 2.37 bits per heavy atom. The average molecular weight is 269 g/mol. The summed E-state index contributed by atoms with van der Waals surface area (Å²) in [5, 5.41) is 12.8. The van der Waals surface area contributed by atoms with Gasteiger partial charge in [0, 0.05) is 20.6 Å². The van der Waals surface area contributed by atoms with Gasteiger partial charge in [0.25, 0.3) is 0 Å². The van der Waals surface area contributed by atoms with Crippen LogP contribution in [0.2, 0.25) is 0 Å². The molecule has 0 saturated carbocycles. The Morgan fingerprint density at radius 1 is 1.21 bits per heavy atom. The van der Waals surface area contributed by atoms with Crippen molar-refractivity contribution >= 4 is 17.8 Å². The van der Waals surface area contributed by atoms with Gasteiger partial charge in [0.15, 0.2) is 0 Å². The predicted octanol–water partition coefficient (Wildman–Crippen LogP) is 0.0421. The average Bonchev–Trinajstić information content (AvgIpc) is 2.35. The molecule has 1 atom stereocenters. The van der Waals surface area contributed by atoms with Crippen LogP contribution in [0.5, 0.6) is 0 Å². The van der Waals surface area contributed by atoms with Gasteiger partial charge in [-0.25, -0.2) is 5.84 Å². The highest BCUT2D eigenvalue weighted by Gasteiger charge is 2.10. The van der Waals surface area contributed by atoms with Crippen molar-refractivity contribution in [2.75, 3.05) is 36.3 Å². The summed E-state index contributed by atoms with van der Waals surface area (Å²) < 4.78 is 0. The number of anilines is 3. The standard InChI is InChI=1S/C11H23N7O/c1-7(2)5-8(19)6-13-9-14-10(17-12)16-11(15-9)18(3)4/h7-8,19H,5-6,12H2,1-4H3,(H2,13,14,15,16,17). The molecule has 0 aliphatic rings. The summed E-state index contributed by atoms with van der Waals surface area (Å²) in [5.41, 5.74) is 2.39. The Labute approximate surface area is 113 Å². The Balaban J connectivity index is 2.69. The van der Waals surface area contributed by atoms with Crippen LogP contribution in [0.3, 0.4) is 0 Å². The molecule has 0 aromatic carbocycles. The molecule has 1 unspecified atom stereocenters. The Hall–Kier alpha value is -1.67. The molecular formula is C11H23N7O. The summed E-state index contributed by atoms with van der Waals surface area (Å²) in [6, 6.07) is 0. The Bertz CT molecular complexity index is 397. The molecule has 0 bridgehead atoms. The zero-order chi connectivity index (χ0) is 14.4. The number of aliphatic hydroxyl groups excluding tert-OH is 1. The van der Waals surface area contributed by atoms with Gasteiger partial charge < -0.3 is 15.3 Å². The number of aliphatic hydroxyl groups is 1. The van der Waals surface area contributed by atoms with E-state index in [0.29, 0.717) is 24.4 Å². The lowest BCUT2D eigenvalue weighted by atomic mass is 10.1. The van der Waals surface area contributed by atoms with Crippen molar-refractivity contribution in [1.82, 2.24) is 15.0 Å². The monoisotopic (exact) mass is 269 g/mol. The van der Waals surface area contributed by atoms with E-state index in [4.69, 9.17) is 5.84 Å². The minimum absolute atomic E-state index is 0.277. The molecule has 0 aliphatic heterocycles. The lowest BCUT2D eigenvalue weighted by Crippen LogP contribution is -2.24. The highest BCUT2D eigenvalue weighted by Crippen LogP contribution is 2.11. The van der Waals surface area contributed by atoms with Crippen LogP contribution in [0.1, 0.15) is 20.3 Å². The molecule has 0 saturated heterocycles. The SMILES string of the molecule is CC(C)CC(O)CNc1nc(NN)nc(N(C)C)n1. The molecule has 19 heavy (non-hydrogen) atoms. The maximum atomic E-state index is 9.80. The van der Waals surface area contributed by atoms with Gasteiger partial charge >= 0.3 is 0 Å². The molecule has 1 rings (SSSR count). The summed E-state index contributed by atoms with van der Waals surface area (Å²) in [4.78, 5) is 14.1. The highest BCUT2D eigenvalue weighted by atomic mass is 16.3. The molecule has 1 heterocycles. The van der Waals surface area contributed by atoms with Crippen LogP contribution in [-0.4, -0.2) is 46.8 Å². The first-order valence-electron chi connectivity index (χ1n) is 6.24. The molecule has 0 aliphatic carbocycles. The van der Waals surface area contributed by atoms with Crippen molar-refractivity contribution in [3.63, 3.8) is 0 Å². The van der Waals surface area contributed by atoms with Gasteiger partial charge in [-0.1, -0.05) is 13.8 Å². The summed E-state index contributed by atoms with van der Waals surface area (Å²) in [7, 11) is 3.65. The van der Waals surface area contributed by atoms with E-state index in [0.717, 1.165) is 6.42 Å². The van der Waals surface area contributed by atoms with Gasteiger partial charge in [-0.2, -0.15) is 15.0 Å². The summed E-state index contributed by atoms with van der Waals surface area (Å²) >= 11 is 0. The second-order valence-corrected chi connectivity index (χ2v) is 4.99. The van der Waals surface area contributed by atoms with Crippen molar-refractivity contribution in [2.45, 2.75) is 26.4 Å². The zero-order valence-electron chi connectivity index (χ0n) is 11.9. The van der Waals surface area contributed by atoms with E-state index < -0.39 is 6.10 Å². The van der Waals surface area contributed by atoms with Gasteiger partial charge in [0.2, 0.25) is 17.8 Å². The maximum absolute atomic E-state index is 9.80. The number of nitrogens with zero attached hydrogens (tertiary/aromatic N) is 4. The quantitative estimate of drug-likeness (QED) is 0.405. The number of hydrazine groups is 1. The second kappa shape index (κ2) is 7.05. The Morgan fingerprint density at radius 2 is 1.84 bits per heavy atom. The van der Waals surface area contributed by atoms with Crippen LogP contribution >= 0.6 is 0 Å². The molecule has 8 heteroatoms. The third-order valence-electron chi connectivity index (χ3n) is 2.39. The minimum Gasteiger partial charge on any atom is -0.391 e. The third-order valence-corrected chi connectivity index (χ3v) is 2.39. The maximum Gasteiger partial charge on any atom is 0.243 e. The topological polar surface area (TPSA) is 112 Å². The fourth-order valence-electron chi connectivity index (χ4n) is 1.54. The molecular weight excluding hydrogens is 246 g/mol. The van der Waals surface area contributed by atoms with Crippen LogP contribution in [-0.2, 0) is 0 Å². The molecule has 8 nitrogen and oxygen atoms in total. The van der Waals surface area contributed by atoms with E-state index in [9.17, 15) is 5.11 Å². The minimum atomic E-state index is -0.436. The molecule has 108 valence electrons. The van der Waals surface area contributed by atoms with Crippen LogP contribution in [0.25, 0.3) is 0 Å². The number of nitrogens with one attached hydrogen (secondary N) is 2. The molecule has 0 spiro atoms. The summed E-state index contributed by atoms with van der Waals surface area (Å²) in [5.74, 6) is 6.90. The van der Waals surface area contributed by atoms with Crippen molar-refractivity contribution in [1.29, 1.82) is 0 Å². The number of aromatic nitrogens is 3. The lowest BCUT2D eigenvalue weighted by molar-refractivity contribution is 0.161. The molecule has 1 aromatic rings. The fraction of sp³-hybridized carbons (Fsp3) is 0.727. The van der Waals surface area contributed by atoms with Gasteiger partial charge in [-0.05, 0) is 12.3 Å². The normalized spacial score (nSPS) is 12.4. The van der Waals surface area contributed by atoms with E-state index in [1.807, 2.05) is 14.1 Å². The summed E-state index contributed by atoms with van der Waals surface area (Å²) in [6.07, 6.45) is 0.287. The van der Waals surface area contributed by atoms with E-state index in [-0.39, 0.29) is 5.95 Å². The van der Waals surface area contributed by atoms with Gasteiger partial charge in [-0.3, -0.25) is 5.43 Å². The fourth-order valence-corrected chi connectivity index (χ4v) is 1.54. The molecule has 0 fully saturated rings. The van der Waals surface area contributed by atoms with Crippen LogP contribution in [0.4, 0.5) is 17.8 Å². The van der Waals surface area contributed by atoms with Crippen molar-refractivity contribution in [3.05, 3.63) is 0 Å². The number of hydrogen-bond acceptors (Lipinski definition) is 8. The number of rotatable bonds is 7. The first-order chi connectivity index (χ1) is 8.92. The largest absolute Gasteiger partial charge is 0.391 e. The third kappa shape index (κ3) is 5.23. The van der Waals surface area contributed by atoms with E-state index in [2.05, 4.69) is 39.5 Å². The Kier molecular flexibility index (Phi) is 5.71. The van der Waals surface area contributed by atoms with E-state index in [1.54, 1.807) is 4.90 Å². The van der Waals surface area contributed by atoms with Crippen molar-refractivity contribution < 1.29 is 5.11 Å². The van der Waals surface area contributed by atoms with Crippen molar-refractivity contribution in [3.8, 4) is 0 Å². The van der Waals surface area contributed by atoms with Crippen LogP contribution in [0, 0.1) is 5.92 Å². The number of hydrogen-bond donors (Lipinski definition) is 4. The van der Waals surface area contributed by atoms with Crippen LogP contribution < -0.4 is 21.5 Å². The number of nitrogen functional groups attached to an aromatic ring is 1. The highest BCUT2D eigenvalue weighted by molar-refractivity contribution is 5.42. The summed E-state index contributed by atoms with van der Waals surface area (Å²) in [6.45, 7) is 4.51. The van der Waals surface area contributed by atoms with E-state index in [1.165, 1.54) is 0 Å². The smallest absolute Gasteiger partial charge is 0.243 e. The lowest BCUT2D eigenvalue weighted by Gasteiger charge is -2.16. The predicted molar refractivity (Wildman–Crippen MR) is 75.9 cm³/mol. The first-order valence-corrected chi connectivity index (χ1v) is 6.24. The van der Waals surface area contributed by atoms with Gasteiger partial charge in [0.05, 0.1) is 6.10 Å². The van der Waals surface area contributed by atoms with Gasteiger partial charge in [0.1, 0.15) is 0 Å². The van der Waals surface area contributed by atoms with Crippen LogP contribution in [0.15, 0.2) is 0 Å². The molecule has 1 aromatic heterocycles. The number of nitrogens with two attached hydrogens (primary N) is 1.